The average molecular weight is 347 g/mol. The van der Waals surface area contributed by atoms with Crippen LogP contribution in [0.4, 0.5) is 4.39 Å². The molecule has 0 amide bonds. The molecule has 0 bridgehead atoms. The Kier molecular flexibility index (Phi) is 5.51. The second-order valence-corrected chi connectivity index (χ2v) is 6.98. The smallest absolute Gasteiger partial charge is 0.148 e. The summed E-state index contributed by atoms with van der Waals surface area (Å²) in [5.74, 6) is -0.107. The highest BCUT2D eigenvalue weighted by molar-refractivity contribution is 5.32. The van der Waals surface area contributed by atoms with E-state index in [1.165, 1.54) is 6.07 Å². The standard InChI is InChI=1S/C19H26FN3O2/c1-15-12-22(9-7-19(15,24)8-10-25-2)13-16-11-21-23(14-16)18-6-4-3-5-17(18)20/h3-6,11,14-15,24H,7-10,12-13H2,1-2H3/t15-,19-/m0/s1. The van der Waals surface area contributed by atoms with Crippen molar-refractivity contribution in [2.24, 2.45) is 5.92 Å². The van der Waals surface area contributed by atoms with Gasteiger partial charge in [0, 0.05) is 45.1 Å². The van der Waals surface area contributed by atoms with Gasteiger partial charge < -0.3 is 9.84 Å². The third kappa shape index (κ3) is 4.08. The SMILES string of the molecule is COCC[C@@]1(O)CCN(Cc2cnn(-c3ccccc3F)c2)C[C@@H]1C. The van der Waals surface area contributed by atoms with Crippen molar-refractivity contribution in [2.75, 3.05) is 26.8 Å². The summed E-state index contributed by atoms with van der Waals surface area (Å²) in [5.41, 5.74) is 0.844. The lowest BCUT2D eigenvalue weighted by Crippen LogP contribution is -2.50. The lowest BCUT2D eigenvalue weighted by atomic mass is 9.80. The zero-order valence-corrected chi connectivity index (χ0v) is 14.9. The fourth-order valence-corrected chi connectivity index (χ4v) is 3.51. The van der Waals surface area contributed by atoms with Gasteiger partial charge in [-0.05, 0) is 30.9 Å². The van der Waals surface area contributed by atoms with Gasteiger partial charge in [-0.1, -0.05) is 19.1 Å². The third-order valence-electron chi connectivity index (χ3n) is 5.19. The number of ether oxygens (including phenoxy) is 1. The molecule has 1 aliphatic rings. The van der Waals surface area contributed by atoms with E-state index in [-0.39, 0.29) is 11.7 Å². The summed E-state index contributed by atoms with van der Waals surface area (Å²) in [4.78, 5) is 2.31. The van der Waals surface area contributed by atoms with Crippen LogP contribution in [0.2, 0.25) is 0 Å². The van der Waals surface area contributed by atoms with E-state index in [0.717, 1.165) is 31.6 Å². The van der Waals surface area contributed by atoms with Gasteiger partial charge in [0.1, 0.15) is 11.5 Å². The molecule has 0 saturated carbocycles. The van der Waals surface area contributed by atoms with Crippen molar-refractivity contribution in [3.05, 3.63) is 48.0 Å². The molecule has 1 fully saturated rings. The Hall–Kier alpha value is -1.76. The maximum Gasteiger partial charge on any atom is 0.148 e. The zero-order chi connectivity index (χ0) is 17.9. The van der Waals surface area contributed by atoms with Crippen LogP contribution >= 0.6 is 0 Å². The number of halogens is 1. The first-order valence-electron chi connectivity index (χ1n) is 8.74. The minimum absolute atomic E-state index is 0.179. The first-order valence-corrected chi connectivity index (χ1v) is 8.74. The molecule has 1 aromatic heterocycles. The van der Waals surface area contributed by atoms with Crippen LogP contribution in [0.3, 0.4) is 0 Å². The summed E-state index contributed by atoms with van der Waals surface area (Å²) < 4.78 is 20.6. The van der Waals surface area contributed by atoms with Crippen molar-refractivity contribution < 1.29 is 14.2 Å². The van der Waals surface area contributed by atoms with Crippen molar-refractivity contribution in [1.82, 2.24) is 14.7 Å². The summed E-state index contributed by atoms with van der Waals surface area (Å²) in [6.45, 7) is 5.07. The van der Waals surface area contributed by atoms with Crippen LogP contribution in [0.15, 0.2) is 36.7 Å². The number of rotatable bonds is 6. The molecule has 2 aromatic rings. The van der Waals surface area contributed by atoms with Gasteiger partial charge in [-0.2, -0.15) is 5.10 Å². The second kappa shape index (κ2) is 7.64. The van der Waals surface area contributed by atoms with Gasteiger partial charge in [-0.25, -0.2) is 9.07 Å². The summed E-state index contributed by atoms with van der Waals surface area (Å²) in [6.07, 6.45) is 5.06. The highest BCUT2D eigenvalue weighted by Gasteiger charge is 2.38. The van der Waals surface area contributed by atoms with Gasteiger partial charge in [0.05, 0.1) is 11.8 Å². The first kappa shape index (κ1) is 18.0. The average Bonchev–Trinajstić information content (AvgIpc) is 3.05. The number of aliphatic hydroxyl groups is 1. The second-order valence-electron chi connectivity index (χ2n) is 6.98. The van der Waals surface area contributed by atoms with Gasteiger partial charge in [0.25, 0.3) is 0 Å². The molecule has 6 heteroatoms. The van der Waals surface area contributed by atoms with Crippen LogP contribution in [0.25, 0.3) is 5.69 Å². The van der Waals surface area contributed by atoms with Crippen LogP contribution in [-0.2, 0) is 11.3 Å². The van der Waals surface area contributed by atoms with Crippen molar-refractivity contribution in [3.8, 4) is 5.69 Å². The topological polar surface area (TPSA) is 50.5 Å². The number of methoxy groups -OCH3 is 1. The number of nitrogens with zero attached hydrogens (tertiary/aromatic N) is 3. The zero-order valence-electron chi connectivity index (χ0n) is 14.9. The van der Waals surface area contributed by atoms with Gasteiger partial charge >= 0.3 is 0 Å². The van der Waals surface area contributed by atoms with Crippen molar-refractivity contribution >= 4 is 0 Å². The molecule has 3 rings (SSSR count). The van der Waals surface area contributed by atoms with Crippen molar-refractivity contribution in [2.45, 2.75) is 31.9 Å². The molecule has 1 aliphatic heterocycles. The number of aromatic nitrogens is 2. The number of piperidine rings is 1. The number of likely N-dealkylation sites (tertiary alicyclic amines) is 1. The van der Waals surface area contributed by atoms with Crippen LogP contribution in [0, 0.1) is 11.7 Å². The predicted octanol–water partition coefficient (Wildman–Crippen LogP) is 2.62. The third-order valence-corrected chi connectivity index (χ3v) is 5.19. The Balaban J connectivity index is 1.62. The predicted molar refractivity (Wildman–Crippen MR) is 94.0 cm³/mol. The Morgan fingerprint density at radius 2 is 2.20 bits per heavy atom. The van der Waals surface area contributed by atoms with Crippen LogP contribution in [0.5, 0.6) is 0 Å². The molecule has 0 aliphatic carbocycles. The van der Waals surface area contributed by atoms with E-state index < -0.39 is 5.60 Å². The van der Waals surface area contributed by atoms with Crippen molar-refractivity contribution in [3.63, 3.8) is 0 Å². The first-order chi connectivity index (χ1) is 12.0. The van der Waals surface area contributed by atoms with E-state index in [1.54, 1.807) is 36.2 Å². The number of benzene rings is 1. The summed E-state index contributed by atoms with van der Waals surface area (Å²) >= 11 is 0. The Bertz CT molecular complexity index is 705. The lowest BCUT2D eigenvalue weighted by molar-refractivity contribution is -0.0827. The molecule has 1 saturated heterocycles. The highest BCUT2D eigenvalue weighted by Crippen LogP contribution is 2.31. The molecule has 0 radical (unpaired) electrons. The Labute approximate surface area is 148 Å². The molecular weight excluding hydrogens is 321 g/mol. The fraction of sp³-hybridized carbons (Fsp3) is 0.526. The number of hydrogen-bond acceptors (Lipinski definition) is 4. The van der Waals surface area contributed by atoms with Crippen LogP contribution in [-0.4, -0.2) is 52.2 Å². The minimum Gasteiger partial charge on any atom is -0.389 e. The van der Waals surface area contributed by atoms with Crippen LogP contribution in [0.1, 0.15) is 25.3 Å². The maximum atomic E-state index is 13.9. The Morgan fingerprint density at radius 3 is 2.92 bits per heavy atom. The van der Waals surface area contributed by atoms with Gasteiger partial charge in [0.15, 0.2) is 0 Å². The molecule has 25 heavy (non-hydrogen) atoms. The summed E-state index contributed by atoms with van der Waals surface area (Å²) in [5, 5.41) is 15.1. The lowest BCUT2D eigenvalue weighted by Gasteiger charge is -2.43. The van der Waals surface area contributed by atoms with Gasteiger partial charge in [-0.3, -0.25) is 4.90 Å². The molecule has 1 aromatic carbocycles. The van der Waals surface area contributed by atoms with E-state index in [1.807, 2.05) is 6.20 Å². The Morgan fingerprint density at radius 1 is 1.40 bits per heavy atom. The maximum absolute atomic E-state index is 13.9. The van der Waals surface area contributed by atoms with E-state index in [2.05, 4.69) is 16.9 Å². The van der Waals surface area contributed by atoms with E-state index >= 15 is 0 Å². The van der Waals surface area contributed by atoms with Crippen LogP contribution < -0.4 is 0 Å². The van der Waals surface area contributed by atoms with E-state index in [0.29, 0.717) is 18.7 Å². The molecule has 0 unspecified atom stereocenters. The molecule has 2 atom stereocenters. The van der Waals surface area contributed by atoms with E-state index in [4.69, 9.17) is 4.74 Å². The quantitative estimate of drug-likeness (QED) is 0.873. The molecule has 2 heterocycles. The summed E-state index contributed by atoms with van der Waals surface area (Å²) in [7, 11) is 1.66. The normalized spacial score (nSPS) is 24.6. The number of para-hydroxylation sites is 1. The minimum atomic E-state index is -0.649. The molecular formula is C19H26FN3O2. The van der Waals surface area contributed by atoms with Crippen molar-refractivity contribution in [1.29, 1.82) is 0 Å². The fourth-order valence-electron chi connectivity index (χ4n) is 3.51. The largest absolute Gasteiger partial charge is 0.389 e. The highest BCUT2D eigenvalue weighted by atomic mass is 19.1. The van der Waals surface area contributed by atoms with Gasteiger partial charge in [-0.15, -0.1) is 0 Å². The monoisotopic (exact) mass is 347 g/mol. The molecule has 136 valence electrons. The molecule has 0 spiro atoms. The summed E-state index contributed by atoms with van der Waals surface area (Å²) in [6, 6.07) is 6.62. The molecule has 5 nitrogen and oxygen atoms in total. The molecule has 1 N–H and O–H groups in total. The van der Waals surface area contributed by atoms with E-state index in [9.17, 15) is 9.50 Å². The van der Waals surface area contributed by atoms with Gasteiger partial charge in [0.2, 0.25) is 0 Å². The number of hydrogen-bond donors (Lipinski definition) is 1.